The number of hydrogen-bond donors (Lipinski definition) is 2. The molecule has 2 aliphatic heterocycles. The number of amides is 1. The van der Waals surface area contributed by atoms with Gasteiger partial charge in [-0.2, -0.15) is 0 Å². The average Bonchev–Trinajstić information content (AvgIpc) is 2.96. The molecule has 25 heavy (non-hydrogen) atoms. The Morgan fingerprint density at radius 1 is 1.44 bits per heavy atom. The minimum Gasteiger partial charge on any atom is -0.492 e. The molecule has 1 aromatic rings. The number of nitrogens with zero attached hydrogens (tertiary/aromatic N) is 2. The van der Waals surface area contributed by atoms with Gasteiger partial charge in [0.15, 0.2) is 5.96 Å². The normalized spacial score (nSPS) is 23.7. The van der Waals surface area contributed by atoms with Gasteiger partial charge in [0.05, 0.1) is 6.54 Å². The molecule has 2 saturated heterocycles. The molecular formula is C18H25FN4O2. The topological polar surface area (TPSA) is 66.0 Å². The van der Waals surface area contributed by atoms with Crippen LogP contribution < -0.4 is 15.4 Å². The Morgan fingerprint density at radius 3 is 2.92 bits per heavy atom. The van der Waals surface area contributed by atoms with E-state index in [1.807, 2.05) is 0 Å². The second kappa shape index (κ2) is 7.72. The molecule has 1 atom stereocenters. The molecule has 2 fully saturated rings. The maximum absolute atomic E-state index is 12.9. The Bertz CT molecular complexity index is 634. The van der Waals surface area contributed by atoms with Crippen LogP contribution in [0.4, 0.5) is 4.39 Å². The zero-order valence-corrected chi connectivity index (χ0v) is 14.6. The number of piperidine rings is 1. The van der Waals surface area contributed by atoms with Gasteiger partial charge in [0, 0.05) is 38.5 Å². The van der Waals surface area contributed by atoms with Crippen LogP contribution in [0.2, 0.25) is 0 Å². The lowest BCUT2D eigenvalue weighted by Crippen LogP contribution is -2.51. The van der Waals surface area contributed by atoms with Gasteiger partial charge in [0.25, 0.3) is 0 Å². The Balaban J connectivity index is 1.47. The van der Waals surface area contributed by atoms with Crippen molar-refractivity contribution in [3.05, 3.63) is 30.1 Å². The van der Waals surface area contributed by atoms with Gasteiger partial charge in [-0.25, -0.2) is 4.39 Å². The van der Waals surface area contributed by atoms with Crippen molar-refractivity contribution in [3.63, 3.8) is 0 Å². The van der Waals surface area contributed by atoms with E-state index in [0.717, 1.165) is 38.4 Å². The van der Waals surface area contributed by atoms with Crippen molar-refractivity contribution in [2.75, 3.05) is 39.8 Å². The summed E-state index contributed by atoms with van der Waals surface area (Å²) in [6.07, 6.45) is 2.74. The van der Waals surface area contributed by atoms with Crippen LogP contribution in [0.1, 0.15) is 19.3 Å². The molecule has 0 radical (unpaired) electrons. The second-order valence-corrected chi connectivity index (χ2v) is 6.75. The number of guanidine groups is 1. The van der Waals surface area contributed by atoms with E-state index in [4.69, 9.17) is 4.74 Å². The summed E-state index contributed by atoms with van der Waals surface area (Å²) >= 11 is 0. The van der Waals surface area contributed by atoms with Crippen LogP contribution in [0.5, 0.6) is 5.75 Å². The average molecular weight is 348 g/mol. The monoisotopic (exact) mass is 348 g/mol. The SMILES string of the molecule is CN=C(NCCOc1ccc(F)cc1)N1CCCC2(CNC(=O)C2)C1. The van der Waals surface area contributed by atoms with Crippen molar-refractivity contribution in [3.8, 4) is 5.75 Å². The van der Waals surface area contributed by atoms with Gasteiger partial charge >= 0.3 is 0 Å². The number of carbonyl (C=O) groups is 1. The lowest BCUT2D eigenvalue weighted by Gasteiger charge is -2.40. The number of benzene rings is 1. The van der Waals surface area contributed by atoms with Gasteiger partial charge in [-0.1, -0.05) is 0 Å². The Labute approximate surface area is 147 Å². The summed E-state index contributed by atoms with van der Waals surface area (Å²) < 4.78 is 18.5. The maximum atomic E-state index is 12.9. The summed E-state index contributed by atoms with van der Waals surface area (Å²) in [5.41, 5.74) is 0.0393. The minimum absolute atomic E-state index is 0.0393. The smallest absolute Gasteiger partial charge is 0.220 e. The first kappa shape index (κ1) is 17.5. The van der Waals surface area contributed by atoms with Crippen molar-refractivity contribution >= 4 is 11.9 Å². The molecule has 6 nitrogen and oxygen atoms in total. The molecule has 1 unspecified atom stereocenters. The Kier molecular flexibility index (Phi) is 5.40. The number of hydrogen-bond acceptors (Lipinski definition) is 3. The summed E-state index contributed by atoms with van der Waals surface area (Å²) in [6.45, 7) is 3.60. The molecule has 0 aliphatic carbocycles. The van der Waals surface area contributed by atoms with Gasteiger partial charge < -0.3 is 20.3 Å². The molecule has 136 valence electrons. The van der Waals surface area contributed by atoms with Crippen LogP contribution >= 0.6 is 0 Å². The third-order valence-corrected chi connectivity index (χ3v) is 4.84. The first-order chi connectivity index (χ1) is 12.1. The third-order valence-electron chi connectivity index (χ3n) is 4.84. The van der Waals surface area contributed by atoms with E-state index in [-0.39, 0.29) is 17.1 Å². The molecule has 1 spiro atoms. The summed E-state index contributed by atoms with van der Waals surface area (Å²) in [4.78, 5) is 18.2. The quantitative estimate of drug-likeness (QED) is 0.490. The summed E-state index contributed by atoms with van der Waals surface area (Å²) in [5.74, 6) is 1.36. The number of ether oxygens (including phenoxy) is 1. The Morgan fingerprint density at radius 2 is 2.24 bits per heavy atom. The van der Waals surface area contributed by atoms with Crippen LogP contribution in [-0.4, -0.2) is 56.6 Å². The molecule has 2 N–H and O–H groups in total. The van der Waals surface area contributed by atoms with Crippen LogP contribution in [-0.2, 0) is 4.79 Å². The zero-order chi connectivity index (χ0) is 17.7. The number of aliphatic imine (C=N–C) groups is 1. The van der Waals surface area contributed by atoms with Gasteiger partial charge in [-0.05, 0) is 37.1 Å². The fourth-order valence-corrected chi connectivity index (χ4v) is 3.62. The van der Waals surface area contributed by atoms with E-state index < -0.39 is 0 Å². The number of halogens is 1. The highest BCUT2D eigenvalue weighted by Gasteiger charge is 2.42. The molecule has 0 saturated carbocycles. The molecular weight excluding hydrogens is 323 g/mol. The van der Waals surface area contributed by atoms with Crippen molar-refractivity contribution in [1.29, 1.82) is 0 Å². The zero-order valence-electron chi connectivity index (χ0n) is 14.6. The van der Waals surface area contributed by atoms with Gasteiger partial charge in [-0.3, -0.25) is 9.79 Å². The second-order valence-electron chi connectivity index (χ2n) is 6.75. The Hall–Kier alpha value is -2.31. The first-order valence-electron chi connectivity index (χ1n) is 8.71. The van der Waals surface area contributed by atoms with Crippen LogP contribution in [0, 0.1) is 11.2 Å². The lowest BCUT2D eigenvalue weighted by atomic mass is 9.79. The predicted octanol–water partition coefficient (Wildman–Crippen LogP) is 1.38. The molecule has 0 bridgehead atoms. The predicted molar refractivity (Wildman–Crippen MR) is 94.1 cm³/mol. The van der Waals surface area contributed by atoms with E-state index in [2.05, 4.69) is 20.5 Å². The molecule has 2 heterocycles. The molecule has 7 heteroatoms. The summed E-state index contributed by atoms with van der Waals surface area (Å²) in [7, 11) is 1.77. The van der Waals surface area contributed by atoms with E-state index in [1.165, 1.54) is 12.1 Å². The van der Waals surface area contributed by atoms with Crippen molar-refractivity contribution in [1.82, 2.24) is 15.5 Å². The van der Waals surface area contributed by atoms with Gasteiger partial charge in [0.1, 0.15) is 18.2 Å². The van der Waals surface area contributed by atoms with E-state index in [1.54, 1.807) is 19.2 Å². The molecule has 1 amide bonds. The lowest BCUT2D eigenvalue weighted by molar-refractivity contribution is -0.119. The molecule has 0 aromatic heterocycles. The van der Waals surface area contributed by atoms with Gasteiger partial charge in [-0.15, -0.1) is 0 Å². The molecule has 1 aromatic carbocycles. The van der Waals surface area contributed by atoms with Crippen LogP contribution in [0.15, 0.2) is 29.3 Å². The highest BCUT2D eigenvalue weighted by molar-refractivity contribution is 5.81. The highest BCUT2D eigenvalue weighted by atomic mass is 19.1. The van der Waals surface area contributed by atoms with E-state index >= 15 is 0 Å². The molecule has 2 aliphatic rings. The molecule has 3 rings (SSSR count). The fraction of sp³-hybridized carbons (Fsp3) is 0.556. The standard InChI is InChI=1S/C18H25FN4O2/c1-20-17(21-8-10-25-15-5-3-14(19)4-6-15)23-9-2-7-18(13-23)11-16(24)22-12-18/h3-6H,2,7-13H2,1H3,(H,20,21)(H,22,24). The van der Waals surface area contributed by atoms with Crippen molar-refractivity contribution in [2.24, 2.45) is 10.4 Å². The number of likely N-dealkylation sites (tertiary alicyclic amines) is 1. The number of nitrogens with one attached hydrogen (secondary N) is 2. The third kappa shape index (κ3) is 4.41. The van der Waals surface area contributed by atoms with Crippen LogP contribution in [0.3, 0.4) is 0 Å². The minimum atomic E-state index is -0.273. The fourth-order valence-electron chi connectivity index (χ4n) is 3.62. The van der Waals surface area contributed by atoms with E-state index in [9.17, 15) is 9.18 Å². The van der Waals surface area contributed by atoms with Crippen LogP contribution in [0.25, 0.3) is 0 Å². The highest BCUT2D eigenvalue weighted by Crippen LogP contribution is 2.35. The summed E-state index contributed by atoms with van der Waals surface area (Å²) in [6, 6.07) is 5.99. The van der Waals surface area contributed by atoms with E-state index in [0.29, 0.717) is 25.3 Å². The summed E-state index contributed by atoms with van der Waals surface area (Å²) in [5, 5.41) is 6.27. The van der Waals surface area contributed by atoms with Crippen molar-refractivity contribution < 1.29 is 13.9 Å². The first-order valence-corrected chi connectivity index (χ1v) is 8.71. The van der Waals surface area contributed by atoms with Gasteiger partial charge in [0.2, 0.25) is 5.91 Å². The maximum Gasteiger partial charge on any atom is 0.220 e. The largest absolute Gasteiger partial charge is 0.492 e. The number of rotatable bonds is 4. The van der Waals surface area contributed by atoms with Crippen molar-refractivity contribution in [2.45, 2.75) is 19.3 Å². The number of carbonyl (C=O) groups excluding carboxylic acids is 1.